The van der Waals surface area contributed by atoms with Gasteiger partial charge in [-0.15, -0.1) is 11.6 Å². The van der Waals surface area contributed by atoms with Gasteiger partial charge in [0.05, 0.1) is 0 Å². The van der Waals surface area contributed by atoms with Crippen molar-refractivity contribution in [1.82, 2.24) is 5.32 Å². The van der Waals surface area contributed by atoms with Crippen molar-refractivity contribution in [3.05, 3.63) is 0 Å². The van der Waals surface area contributed by atoms with Crippen molar-refractivity contribution in [3.8, 4) is 0 Å². The fourth-order valence-electron chi connectivity index (χ4n) is 0.530. The molecule has 2 heteroatoms. The van der Waals surface area contributed by atoms with E-state index in [2.05, 4.69) is 26.1 Å². The van der Waals surface area contributed by atoms with Crippen molar-refractivity contribution in [3.63, 3.8) is 0 Å². The monoisotopic (exact) mass is 149 g/mol. The summed E-state index contributed by atoms with van der Waals surface area (Å²) in [6.45, 7) is 7.48. The highest BCUT2D eigenvalue weighted by Crippen LogP contribution is 1.97. The lowest BCUT2D eigenvalue weighted by molar-refractivity contribution is 0.427. The summed E-state index contributed by atoms with van der Waals surface area (Å²) in [5, 5.41) is 3.34. The van der Waals surface area contributed by atoms with Crippen molar-refractivity contribution in [2.24, 2.45) is 0 Å². The third-order valence-electron chi connectivity index (χ3n) is 0.966. The maximum atomic E-state index is 5.49. The van der Waals surface area contributed by atoms with Gasteiger partial charge in [-0.25, -0.2) is 0 Å². The SMILES string of the molecule is CC(C)(C)NCCCCl. The molecule has 0 atom stereocenters. The highest BCUT2D eigenvalue weighted by Gasteiger charge is 2.06. The zero-order valence-electron chi connectivity index (χ0n) is 6.50. The number of hydrogen-bond acceptors (Lipinski definition) is 1. The summed E-state index contributed by atoms with van der Waals surface area (Å²) in [6, 6.07) is 0. The van der Waals surface area contributed by atoms with Crippen molar-refractivity contribution in [1.29, 1.82) is 0 Å². The summed E-state index contributed by atoms with van der Waals surface area (Å²) in [5.41, 5.74) is 0.242. The highest BCUT2D eigenvalue weighted by molar-refractivity contribution is 6.17. The van der Waals surface area contributed by atoms with Crippen LogP contribution in [0, 0.1) is 0 Å². The van der Waals surface area contributed by atoms with Gasteiger partial charge in [0.2, 0.25) is 0 Å². The van der Waals surface area contributed by atoms with Gasteiger partial charge < -0.3 is 5.32 Å². The molecule has 0 saturated carbocycles. The minimum absolute atomic E-state index is 0.242. The summed E-state index contributed by atoms with van der Waals surface area (Å²) in [4.78, 5) is 0. The van der Waals surface area contributed by atoms with Crippen LogP contribution in [-0.2, 0) is 0 Å². The molecule has 0 aromatic carbocycles. The first-order valence-electron chi connectivity index (χ1n) is 3.37. The average Bonchev–Trinajstić information content (AvgIpc) is 1.63. The molecule has 9 heavy (non-hydrogen) atoms. The Morgan fingerprint density at radius 3 is 2.22 bits per heavy atom. The summed E-state index contributed by atoms with van der Waals surface area (Å²) in [5.74, 6) is 0.753. The Morgan fingerprint density at radius 2 is 1.89 bits per heavy atom. The highest BCUT2D eigenvalue weighted by atomic mass is 35.5. The maximum absolute atomic E-state index is 5.49. The molecule has 0 radical (unpaired) electrons. The predicted molar refractivity (Wildman–Crippen MR) is 43.1 cm³/mol. The zero-order chi connectivity index (χ0) is 7.33. The van der Waals surface area contributed by atoms with E-state index in [0.717, 1.165) is 18.8 Å². The van der Waals surface area contributed by atoms with Crippen LogP contribution in [0.5, 0.6) is 0 Å². The van der Waals surface area contributed by atoms with Crippen LogP contribution in [0.25, 0.3) is 0 Å². The first-order valence-corrected chi connectivity index (χ1v) is 3.91. The maximum Gasteiger partial charge on any atom is 0.0235 e. The number of alkyl halides is 1. The molecule has 1 nitrogen and oxygen atoms in total. The van der Waals surface area contributed by atoms with Crippen molar-refractivity contribution in [2.75, 3.05) is 12.4 Å². The molecule has 0 bridgehead atoms. The van der Waals surface area contributed by atoms with Gasteiger partial charge in [-0.1, -0.05) is 0 Å². The molecule has 0 aliphatic carbocycles. The Morgan fingerprint density at radius 1 is 1.33 bits per heavy atom. The third kappa shape index (κ3) is 8.25. The van der Waals surface area contributed by atoms with Crippen molar-refractivity contribution >= 4 is 11.6 Å². The number of halogens is 1. The van der Waals surface area contributed by atoms with Crippen LogP contribution in [0.1, 0.15) is 27.2 Å². The molecule has 0 unspecified atom stereocenters. The molecule has 1 N–H and O–H groups in total. The van der Waals surface area contributed by atoms with Crippen LogP contribution in [0.4, 0.5) is 0 Å². The van der Waals surface area contributed by atoms with Crippen molar-refractivity contribution in [2.45, 2.75) is 32.7 Å². The smallest absolute Gasteiger partial charge is 0.0235 e. The van der Waals surface area contributed by atoms with Crippen LogP contribution >= 0.6 is 11.6 Å². The van der Waals surface area contributed by atoms with Crippen LogP contribution in [-0.4, -0.2) is 18.0 Å². The lowest BCUT2D eigenvalue weighted by atomic mass is 10.1. The number of rotatable bonds is 3. The van der Waals surface area contributed by atoms with Crippen LogP contribution in [0.2, 0.25) is 0 Å². The number of hydrogen-bond donors (Lipinski definition) is 1. The summed E-state index contributed by atoms with van der Waals surface area (Å²) in [7, 11) is 0. The van der Waals surface area contributed by atoms with E-state index in [9.17, 15) is 0 Å². The Bertz CT molecular complexity index is 65.8. The fraction of sp³-hybridized carbons (Fsp3) is 1.00. The number of nitrogens with one attached hydrogen (secondary N) is 1. The van der Waals surface area contributed by atoms with E-state index < -0.39 is 0 Å². The van der Waals surface area contributed by atoms with Gasteiger partial charge in [0.25, 0.3) is 0 Å². The molecule has 0 rings (SSSR count). The first kappa shape index (κ1) is 9.25. The molecule has 0 aliphatic heterocycles. The molecule has 0 aromatic rings. The summed E-state index contributed by atoms with van der Waals surface area (Å²) < 4.78 is 0. The summed E-state index contributed by atoms with van der Waals surface area (Å²) in [6.07, 6.45) is 1.05. The second kappa shape index (κ2) is 4.13. The largest absolute Gasteiger partial charge is 0.312 e. The van der Waals surface area contributed by atoms with Gasteiger partial charge in [-0.05, 0) is 33.7 Å². The Balaban J connectivity index is 3.07. The molecule has 0 amide bonds. The standard InChI is InChI=1S/C7H16ClN/c1-7(2,3)9-6-4-5-8/h9H,4-6H2,1-3H3. The van der Waals surface area contributed by atoms with E-state index in [1.54, 1.807) is 0 Å². The van der Waals surface area contributed by atoms with E-state index in [0.29, 0.717) is 0 Å². The Hall–Kier alpha value is 0.250. The Labute approximate surface area is 62.8 Å². The van der Waals surface area contributed by atoms with E-state index in [1.165, 1.54) is 0 Å². The van der Waals surface area contributed by atoms with Gasteiger partial charge in [-0.2, -0.15) is 0 Å². The quantitative estimate of drug-likeness (QED) is 0.478. The Kier molecular flexibility index (Phi) is 4.24. The minimum Gasteiger partial charge on any atom is -0.312 e. The second-order valence-electron chi connectivity index (χ2n) is 3.22. The van der Waals surface area contributed by atoms with Crippen LogP contribution in [0.15, 0.2) is 0 Å². The zero-order valence-corrected chi connectivity index (χ0v) is 7.26. The lowest BCUT2D eigenvalue weighted by Crippen LogP contribution is -2.36. The molecule has 0 aliphatic rings. The molecular formula is C7H16ClN. The van der Waals surface area contributed by atoms with Gasteiger partial charge in [0, 0.05) is 11.4 Å². The molecule has 0 fully saturated rings. The predicted octanol–water partition coefficient (Wildman–Crippen LogP) is 2.00. The second-order valence-corrected chi connectivity index (χ2v) is 3.60. The third-order valence-corrected chi connectivity index (χ3v) is 1.23. The molecular weight excluding hydrogens is 134 g/mol. The van der Waals surface area contributed by atoms with Gasteiger partial charge in [0.15, 0.2) is 0 Å². The van der Waals surface area contributed by atoms with Crippen molar-refractivity contribution < 1.29 is 0 Å². The van der Waals surface area contributed by atoms with Gasteiger partial charge >= 0.3 is 0 Å². The molecule has 0 spiro atoms. The summed E-state index contributed by atoms with van der Waals surface area (Å²) >= 11 is 5.49. The van der Waals surface area contributed by atoms with Gasteiger partial charge in [0.1, 0.15) is 0 Å². The normalized spacial score (nSPS) is 12.0. The average molecular weight is 150 g/mol. The van der Waals surface area contributed by atoms with E-state index in [1.807, 2.05) is 0 Å². The van der Waals surface area contributed by atoms with Gasteiger partial charge in [-0.3, -0.25) is 0 Å². The first-order chi connectivity index (χ1) is 4.06. The molecule has 0 aromatic heterocycles. The molecule has 56 valence electrons. The van der Waals surface area contributed by atoms with E-state index in [-0.39, 0.29) is 5.54 Å². The molecule has 0 heterocycles. The van der Waals surface area contributed by atoms with E-state index >= 15 is 0 Å². The van der Waals surface area contributed by atoms with Crippen LogP contribution < -0.4 is 5.32 Å². The lowest BCUT2D eigenvalue weighted by Gasteiger charge is -2.19. The molecule has 0 saturated heterocycles. The van der Waals surface area contributed by atoms with E-state index in [4.69, 9.17) is 11.6 Å². The topological polar surface area (TPSA) is 12.0 Å². The van der Waals surface area contributed by atoms with Crippen LogP contribution in [0.3, 0.4) is 0 Å². The minimum atomic E-state index is 0.242. The fourth-order valence-corrected chi connectivity index (χ4v) is 0.664.